The third-order valence-corrected chi connectivity index (χ3v) is 8.94. The number of hydrogen-bond donors (Lipinski definition) is 1. The summed E-state index contributed by atoms with van der Waals surface area (Å²) in [6.07, 6.45) is 0.287. The first-order chi connectivity index (χ1) is 20.2. The number of sulfonamides is 1. The minimum Gasteiger partial charge on any atom is -0.494 e. The summed E-state index contributed by atoms with van der Waals surface area (Å²) in [5.74, 6) is -0.400. The van der Waals surface area contributed by atoms with Crippen LogP contribution in [-0.4, -0.2) is 49.9 Å². The normalized spacial score (nSPS) is 12.4. The van der Waals surface area contributed by atoms with Gasteiger partial charge in [0.25, 0.3) is 10.0 Å². The first-order valence-electron chi connectivity index (χ1n) is 14.0. The molecular weight excluding hydrogens is 609 g/mol. The Morgan fingerprint density at radius 2 is 1.58 bits per heavy atom. The molecule has 232 valence electrons. The Balaban J connectivity index is 2.08. The topological polar surface area (TPSA) is 96.0 Å². The Morgan fingerprint density at radius 3 is 2.12 bits per heavy atom. The highest BCUT2D eigenvalue weighted by Crippen LogP contribution is 2.28. The molecule has 0 bridgehead atoms. The SMILES string of the molecule is CCOc1ccc(S(=O)(=O)N(CC(=O)N(Cc2ccc(Cl)cc2Cl)[C@@H](CC)C(=O)NC(C)(C)C)c2ccc(C)cc2)cc1. The summed E-state index contributed by atoms with van der Waals surface area (Å²) in [6.45, 7) is 10.9. The van der Waals surface area contributed by atoms with Crippen LogP contribution in [-0.2, 0) is 26.2 Å². The van der Waals surface area contributed by atoms with Gasteiger partial charge in [-0.2, -0.15) is 0 Å². The number of benzene rings is 3. The van der Waals surface area contributed by atoms with Crippen molar-refractivity contribution in [3.05, 3.63) is 87.9 Å². The molecule has 0 aromatic heterocycles. The lowest BCUT2D eigenvalue weighted by molar-refractivity contribution is -0.141. The minimum absolute atomic E-state index is 0.00543. The average molecular weight is 649 g/mol. The maximum absolute atomic E-state index is 14.2. The minimum atomic E-state index is -4.21. The number of ether oxygens (including phenoxy) is 1. The predicted octanol–water partition coefficient (Wildman–Crippen LogP) is 6.62. The molecule has 0 aliphatic carbocycles. The highest BCUT2D eigenvalue weighted by molar-refractivity contribution is 7.92. The van der Waals surface area contributed by atoms with Crippen LogP contribution in [0, 0.1) is 6.92 Å². The van der Waals surface area contributed by atoms with E-state index in [1.54, 1.807) is 61.5 Å². The summed E-state index contributed by atoms with van der Waals surface area (Å²) < 4.78 is 34.6. The Morgan fingerprint density at radius 1 is 0.953 bits per heavy atom. The molecule has 0 radical (unpaired) electrons. The predicted molar refractivity (Wildman–Crippen MR) is 172 cm³/mol. The maximum Gasteiger partial charge on any atom is 0.264 e. The van der Waals surface area contributed by atoms with Crippen LogP contribution in [0.15, 0.2) is 71.6 Å². The number of aryl methyl sites for hydroxylation is 1. The molecule has 8 nitrogen and oxygen atoms in total. The lowest BCUT2D eigenvalue weighted by atomic mass is 10.1. The van der Waals surface area contributed by atoms with Gasteiger partial charge in [0.05, 0.1) is 17.2 Å². The van der Waals surface area contributed by atoms with Gasteiger partial charge in [-0.05, 0) is 95.1 Å². The zero-order valence-corrected chi connectivity index (χ0v) is 27.7. The molecule has 11 heteroatoms. The van der Waals surface area contributed by atoms with Gasteiger partial charge in [0.1, 0.15) is 18.3 Å². The molecule has 0 heterocycles. The van der Waals surface area contributed by atoms with Gasteiger partial charge in [-0.25, -0.2) is 8.42 Å². The number of carbonyl (C=O) groups excluding carboxylic acids is 2. The highest BCUT2D eigenvalue weighted by atomic mass is 35.5. The standard InChI is InChI=1S/C32H39Cl2N3O5S/c1-7-29(31(39)35-32(4,5)6)36(20-23-11-12-24(33)19-28(23)34)30(38)21-37(25-13-9-22(3)10-14-25)43(40,41)27-17-15-26(16-18-27)42-8-2/h9-19,29H,7-8,20-21H2,1-6H3,(H,35,39)/t29-/m0/s1. The van der Waals surface area contributed by atoms with Crippen LogP contribution in [0.25, 0.3) is 0 Å². The lowest BCUT2D eigenvalue weighted by Crippen LogP contribution is -2.55. The van der Waals surface area contributed by atoms with Crippen molar-refractivity contribution in [2.24, 2.45) is 0 Å². The van der Waals surface area contributed by atoms with Crippen LogP contribution in [0.4, 0.5) is 5.69 Å². The zero-order chi connectivity index (χ0) is 31.9. The maximum atomic E-state index is 14.2. The Labute approximate surface area is 265 Å². The molecular formula is C32H39Cl2N3O5S. The molecule has 3 rings (SSSR count). The van der Waals surface area contributed by atoms with Crippen molar-refractivity contribution in [1.29, 1.82) is 0 Å². The number of amides is 2. The molecule has 0 spiro atoms. The smallest absolute Gasteiger partial charge is 0.264 e. The molecule has 43 heavy (non-hydrogen) atoms. The van der Waals surface area contributed by atoms with E-state index in [2.05, 4.69) is 5.32 Å². The average Bonchev–Trinajstić information content (AvgIpc) is 2.92. The third kappa shape index (κ3) is 9.11. The van der Waals surface area contributed by atoms with E-state index in [0.29, 0.717) is 33.7 Å². The number of rotatable bonds is 12. The van der Waals surface area contributed by atoms with E-state index in [4.69, 9.17) is 27.9 Å². The molecule has 0 aliphatic rings. The van der Waals surface area contributed by atoms with E-state index in [-0.39, 0.29) is 23.8 Å². The van der Waals surface area contributed by atoms with Crippen LogP contribution >= 0.6 is 23.2 Å². The number of nitrogens with zero attached hydrogens (tertiary/aromatic N) is 2. The quantitative estimate of drug-likeness (QED) is 0.238. The van der Waals surface area contributed by atoms with Crippen molar-refractivity contribution < 1.29 is 22.7 Å². The number of halogens is 2. The van der Waals surface area contributed by atoms with Crippen LogP contribution in [0.2, 0.25) is 10.0 Å². The second kappa shape index (κ2) is 14.5. The molecule has 0 saturated carbocycles. The van der Waals surface area contributed by atoms with Gasteiger partial charge in [-0.1, -0.05) is 53.9 Å². The summed E-state index contributed by atoms with van der Waals surface area (Å²) in [7, 11) is -4.21. The van der Waals surface area contributed by atoms with Crippen molar-refractivity contribution in [1.82, 2.24) is 10.2 Å². The van der Waals surface area contributed by atoms with Gasteiger partial charge in [-0.3, -0.25) is 13.9 Å². The second-order valence-corrected chi connectivity index (χ2v) is 13.9. The Bertz CT molecular complexity index is 1520. The van der Waals surface area contributed by atoms with Crippen LogP contribution in [0.5, 0.6) is 5.75 Å². The van der Waals surface area contributed by atoms with Crippen molar-refractivity contribution in [2.75, 3.05) is 17.5 Å². The largest absolute Gasteiger partial charge is 0.494 e. The molecule has 3 aromatic rings. The van der Waals surface area contributed by atoms with Gasteiger partial charge in [-0.15, -0.1) is 0 Å². The molecule has 1 atom stereocenters. The fourth-order valence-electron chi connectivity index (χ4n) is 4.45. The molecule has 0 unspecified atom stereocenters. The number of anilines is 1. The van der Waals surface area contributed by atoms with Gasteiger partial charge < -0.3 is 15.0 Å². The van der Waals surface area contributed by atoms with Gasteiger partial charge >= 0.3 is 0 Å². The summed E-state index contributed by atoms with van der Waals surface area (Å²) in [5.41, 5.74) is 1.25. The van der Waals surface area contributed by atoms with E-state index >= 15 is 0 Å². The fourth-order valence-corrected chi connectivity index (χ4v) is 6.33. The third-order valence-electron chi connectivity index (χ3n) is 6.56. The van der Waals surface area contributed by atoms with E-state index in [9.17, 15) is 18.0 Å². The molecule has 0 fully saturated rings. The number of carbonyl (C=O) groups is 2. The second-order valence-electron chi connectivity index (χ2n) is 11.2. The lowest BCUT2D eigenvalue weighted by Gasteiger charge is -2.35. The van der Waals surface area contributed by atoms with E-state index in [1.165, 1.54) is 17.0 Å². The monoisotopic (exact) mass is 647 g/mol. The van der Waals surface area contributed by atoms with E-state index in [0.717, 1.165) is 9.87 Å². The molecule has 3 aromatic carbocycles. The van der Waals surface area contributed by atoms with Gasteiger partial charge in [0.2, 0.25) is 11.8 Å². The summed E-state index contributed by atoms with van der Waals surface area (Å²) in [6, 6.07) is 16.9. The summed E-state index contributed by atoms with van der Waals surface area (Å²) in [5, 5.41) is 3.70. The fraction of sp³-hybridized carbons (Fsp3) is 0.375. The van der Waals surface area contributed by atoms with Crippen LogP contribution < -0.4 is 14.4 Å². The first kappa shape index (κ1) is 34.2. The first-order valence-corrected chi connectivity index (χ1v) is 16.2. The van der Waals surface area contributed by atoms with E-state index < -0.39 is 34.1 Å². The number of nitrogens with one attached hydrogen (secondary N) is 1. The van der Waals surface area contributed by atoms with Crippen molar-refractivity contribution in [2.45, 2.75) is 71.0 Å². The van der Waals surface area contributed by atoms with Crippen LogP contribution in [0.3, 0.4) is 0 Å². The van der Waals surface area contributed by atoms with Gasteiger partial charge in [0.15, 0.2) is 0 Å². The molecule has 0 aliphatic heterocycles. The highest BCUT2D eigenvalue weighted by Gasteiger charge is 2.35. The Kier molecular flexibility index (Phi) is 11.5. The summed E-state index contributed by atoms with van der Waals surface area (Å²) >= 11 is 12.6. The molecule has 1 N–H and O–H groups in total. The van der Waals surface area contributed by atoms with Gasteiger partial charge in [0, 0.05) is 22.1 Å². The summed E-state index contributed by atoms with van der Waals surface area (Å²) in [4.78, 5) is 29.0. The van der Waals surface area contributed by atoms with Crippen molar-refractivity contribution in [3.63, 3.8) is 0 Å². The zero-order valence-electron chi connectivity index (χ0n) is 25.4. The van der Waals surface area contributed by atoms with Crippen molar-refractivity contribution >= 4 is 50.7 Å². The van der Waals surface area contributed by atoms with Crippen molar-refractivity contribution in [3.8, 4) is 5.75 Å². The molecule has 2 amide bonds. The van der Waals surface area contributed by atoms with E-state index in [1.807, 2.05) is 34.6 Å². The van der Waals surface area contributed by atoms with Crippen LogP contribution in [0.1, 0.15) is 52.2 Å². The number of hydrogen-bond acceptors (Lipinski definition) is 5. The Hall–Kier alpha value is -3.27. The molecule has 0 saturated heterocycles.